The Hall–Kier alpha value is -2.94. The van der Waals surface area contributed by atoms with E-state index in [1.807, 2.05) is 0 Å². The van der Waals surface area contributed by atoms with E-state index in [1.165, 1.54) is 0 Å². The van der Waals surface area contributed by atoms with Crippen molar-refractivity contribution in [3.8, 4) is 0 Å². The van der Waals surface area contributed by atoms with Gasteiger partial charge in [0.15, 0.2) is 0 Å². The van der Waals surface area contributed by atoms with Gasteiger partial charge in [-0.15, -0.1) is 0 Å². The van der Waals surface area contributed by atoms with Gasteiger partial charge in [-0.25, -0.2) is 9.98 Å². The number of para-hydroxylation sites is 2. The van der Waals surface area contributed by atoms with Crippen LogP contribution in [0.2, 0.25) is 0 Å². The summed E-state index contributed by atoms with van der Waals surface area (Å²) in [7, 11) is 0. The highest BCUT2D eigenvalue weighted by molar-refractivity contribution is 6.36. The van der Waals surface area contributed by atoms with Crippen LogP contribution in [0.3, 0.4) is 0 Å². The number of hydrogen-bond acceptors (Lipinski definition) is 5. The molecule has 116 valence electrons. The molecule has 0 fully saturated rings. The van der Waals surface area contributed by atoms with Crippen LogP contribution in [0.5, 0.6) is 0 Å². The fraction of sp³-hybridized carbons (Fsp3) is 0.231. The number of nitrogens with two attached hydrogens (primary N) is 1. The second-order valence-electron chi connectivity index (χ2n) is 4.20. The summed E-state index contributed by atoms with van der Waals surface area (Å²) in [6.45, 7) is 0. The molecule has 1 atom stereocenters. The molecule has 1 aromatic carbocycles. The van der Waals surface area contributed by atoms with Crippen molar-refractivity contribution in [3.63, 3.8) is 0 Å². The summed E-state index contributed by atoms with van der Waals surface area (Å²) in [5.74, 6) is -3.79. The molecule has 9 nitrogen and oxygen atoms in total. The van der Waals surface area contributed by atoms with E-state index in [1.54, 1.807) is 24.3 Å². The SMILES string of the molecule is N[C@@H](CCC(=O)O)C(=O)O.O=C1N=c2ccccc2=NC1=O. The second kappa shape index (κ2) is 7.74. The predicted octanol–water partition coefficient (Wildman–Crippen LogP) is -1.74. The van der Waals surface area contributed by atoms with E-state index in [0.717, 1.165) is 0 Å². The molecular formula is C13H13N3O6. The predicted molar refractivity (Wildman–Crippen MR) is 71.2 cm³/mol. The third-order valence-electron chi connectivity index (χ3n) is 2.50. The van der Waals surface area contributed by atoms with Gasteiger partial charge in [0.1, 0.15) is 6.04 Å². The first kappa shape index (κ1) is 17.1. The average Bonchev–Trinajstić information content (AvgIpc) is 2.46. The molecule has 0 saturated carbocycles. The highest BCUT2D eigenvalue weighted by Gasteiger charge is 2.14. The number of amides is 2. The Kier molecular flexibility index (Phi) is 6.02. The molecular weight excluding hydrogens is 294 g/mol. The molecule has 1 aliphatic heterocycles. The van der Waals surface area contributed by atoms with Gasteiger partial charge in [0.2, 0.25) is 0 Å². The molecule has 9 heteroatoms. The molecule has 22 heavy (non-hydrogen) atoms. The lowest BCUT2D eigenvalue weighted by Crippen LogP contribution is -2.33. The van der Waals surface area contributed by atoms with Gasteiger partial charge in [0.05, 0.1) is 10.7 Å². The van der Waals surface area contributed by atoms with Gasteiger partial charge in [0.25, 0.3) is 0 Å². The fourth-order valence-corrected chi connectivity index (χ4v) is 1.37. The van der Waals surface area contributed by atoms with E-state index < -0.39 is 29.8 Å². The van der Waals surface area contributed by atoms with Gasteiger partial charge in [-0.2, -0.15) is 0 Å². The van der Waals surface area contributed by atoms with E-state index in [0.29, 0.717) is 10.7 Å². The molecule has 0 bridgehead atoms. The molecule has 0 aromatic heterocycles. The van der Waals surface area contributed by atoms with Crippen LogP contribution in [0.4, 0.5) is 0 Å². The van der Waals surface area contributed by atoms with Gasteiger partial charge in [-0.3, -0.25) is 19.2 Å². The molecule has 1 aromatic rings. The van der Waals surface area contributed by atoms with Crippen molar-refractivity contribution in [2.45, 2.75) is 18.9 Å². The number of carboxylic acid groups (broad SMARTS) is 2. The third-order valence-corrected chi connectivity index (χ3v) is 2.50. The fourth-order valence-electron chi connectivity index (χ4n) is 1.37. The first-order chi connectivity index (χ1) is 10.3. The van der Waals surface area contributed by atoms with Crippen molar-refractivity contribution in [1.29, 1.82) is 0 Å². The van der Waals surface area contributed by atoms with Gasteiger partial charge >= 0.3 is 23.8 Å². The van der Waals surface area contributed by atoms with Crippen LogP contribution in [-0.4, -0.2) is 40.0 Å². The number of benzene rings is 1. The molecule has 0 saturated heterocycles. The lowest BCUT2D eigenvalue weighted by atomic mass is 10.2. The van der Waals surface area contributed by atoms with Crippen LogP contribution in [0.25, 0.3) is 0 Å². The number of carbonyl (C=O) groups excluding carboxylic acids is 2. The molecule has 0 radical (unpaired) electrons. The normalized spacial score (nSPS) is 13.7. The number of carbonyl (C=O) groups is 4. The maximum Gasteiger partial charge on any atom is 0.338 e. The molecule has 2 rings (SSSR count). The third kappa shape index (κ3) is 5.21. The number of rotatable bonds is 4. The topological polar surface area (TPSA) is 159 Å². The van der Waals surface area contributed by atoms with Gasteiger partial charge in [-0.1, -0.05) is 12.1 Å². The van der Waals surface area contributed by atoms with Crippen LogP contribution in [0.15, 0.2) is 34.3 Å². The van der Waals surface area contributed by atoms with Crippen LogP contribution >= 0.6 is 0 Å². The Bertz CT molecular complexity index is 683. The van der Waals surface area contributed by atoms with E-state index >= 15 is 0 Å². The quantitative estimate of drug-likeness (QED) is 0.556. The molecule has 0 aliphatic carbocycles. The van der Waals surface area contributed by atoms with E-state index in [-0.39, 0.29) is 12.8 Å². The van der Waals surface area contributed by atoms with E-state index in [4.69, 9.17) is 15.9 Å². The van der Waals surface area contributed by atoms with Crippen LogP contribution in [-0.2, 0) is 19.2 Å². The zero-order valence-corrected chi connectivity index (χ0v) is 11.3. The number of nitrogens with zero attached hydrogens (tertiary/aromatic N) is 2. The number of hydrogen-bond donors (Lipinski definition) is 3. The minimum atomic E-state index is -1.17. The van der Waals surface area contributed by atoms with E-state index in [9.17, 15) is 19.2 Å². The summed E-state index contributed by atoms with van der Waals surface area (Å²) in [6, 6.07) is 5.70. The maximum absolute atomic E-state index is 10.7. The van der Waals surface area contributed by atoms with Crippen molar-refractivity contribution in [2.24, 2.45) is 15.7 Å². The van der Waals surface area contributed by atoms with Gasteiger partial charge in [-0.05, 0) is 18.6 Å². The summed E-state index contributed by atoms with van der Waals surface area (Å²) >= 11 is 0. The van der Waals surface area contributed by atoms with Crippen LogP contribution in [0.1, 0.15) is 12.8 Å². The number of carboxylic acids is 2. The Morgan fingerprint density at radius 1 is 1.05 bits per heavy atom. The Balaban J connectivity index is 0.000000225. The lowest BCUT2D eigenvalue weighted by molar-refractivity contribution is -0.139. The summed E-state index contributed by atoms with van der Waals surface area (Å²) in [4.78, 5) is 48.5. The van der Waals surface area contributed by atoms with Crippen molar-refractivity contribution in [1.82, 2.24) is 0 Å². The smallest absolute Gasteiger partial charge is 0.338 e. The van der Waals surface area contributed by atoms with Gasteiger partial charge < -0.3 is 15.9 Å². The minimum absolute atomic E-state index is 0.0231. The Labute approximate surface area is 123 Å². The zero-order chi connectivity index (χ0) is 16.7. The molecule has 1 heterocycles. The summed E-state index contributed by atoms with van der Waals surface area (Å²) in [6.07, 6.45) is -0.224. The number of fused-ring (bicyclic) bond motifs is 1. The Morgan fingerprint density at radius 3 is 1.86 bits per heavy atom. The highest BCUT2D eigenvalue weighted by atomic mass is 16.4. The molecule has 4 N–H and O–H groups in total. The first-order valence-corrected chi connectivity index (χ1v) is 6.12. The first-order valence-electron chi connectivity index (χ1n) is 6.12. The van der Waals surface area contributed by atoms with Crippen molar-refractivity contribution in [3.05, 3.63) is 35.0 Å². The van der Waals surface area contributed by atoms with E-state index in [2.05, 4.69) is 9.98 Å². The van der Waals surface area contributed by atoms with Crippen molar-refractivity contribution < 1.29 is 29.4 Å². The summed E-state index contributed by atoms with van der Waals surface area (Å²) in [5.41, 5.74) is 5.00. The molecule has 1 aliphatic rings. The second-order valence-corrected chi connectivity index (χ2v) is 4.20. The van der Waals surface area contributed by atoms with Crippen LogP contribution < -0.4 is 16.4 Å². The average molecular weight is 307 g/mol. The lowest BCUT2D eigenvalue weighted by Gasteiger charge is -2.01. The Morgan fingerprint density at radius 2 is 1.50 bits per heavy atom. The number of aliphatic carboxylic acids is 2. The summed E-state index contributed by atoms with van der Waals surface area (Å²) in [5, 5.41) is 17.2. The largest absolute Gasteiger partial charge is 0.481 e. The monoisotopic (exact) mass is 307 g/mol. The molecule has 0 spiro atoms. The summed E-state index contributed by atoms with van der Waals surface area (Å²) < 4.78 is 0. The van der Waals surface area contributed by atoms with Crippen LogP contribution in [0, 0.1) is 0 Å². The molecule has 0 unspecified atom stereocenters. The maximum atomic E-state index is 10.7. The standard InChI is InChI=1S/C8H4N2O2.C5H9NO4/c11-7-8(12)10-6-4-2-1-3-5(6)9-7;6-3(5(9)10)1-2-4(7)8/h1-4H;3H,1-2,6H2,(H,7,8)(H,9,10)/t;3-/m.0/s1. The van der Waals surface area contributed by atoms with Gasteiger partial charge in [0, 0.05) is 6.42 Å². The van der Waals surface area contributed by atoms with Crippen molar-refractivity contribution >= 4 is 23.8 Å². The molecule has 2 amide bonds. The van der Waals surface area contributed by atoms with Crippen molar-refractivity contribution in [2.75, 3.05) is 0 Å². The minimum Gasteiger partial charge on any atom is -0.481 e. The zero-order valence-electron chi connectivity index (χ0n) is 11.3. The highest BCUT2D eigenvalue weighted by Crippen LogP contribution is 1.93.